The fraction of sp³-hybridized carbons (Fsp3) is 0.742. The topological polar surface area (TPSA) is 162 Å². The summed E-state index contributed by atoms with van der Waals surface area (Å²) in [5.41, 5.74) is -6.22. The molecule has 0 amide bonds. The third-order valence-corrected chi connectivity index (χ3v) is 11.6. The molecule has 2 bridgehead atoms. The number of cyclic esters (lactones) is 1. The Balaban J connectivity index is 1.55. The molecule has 0 radical (unpaired) electrons. The van der Waals surface area contributed by atoms with E-state index in [1.54, 1.807) is 46.9 Å². The van der Waals surface area contributed by atoms with Crippen LogP contribution in [-0.4, -0.2) is 70.5 Å². The van der Waals surface area contributed by atoms with E-state index in [0.29, 0.717) is 18.4 Å². The summed E-state index contributed by atoms with van der Waals surface area (Å²) in [5, 5.41) is 24.1. The number of fused-ring (bicyclic) bond motifs is 5. The summed E-state index contributed by atoms with van der Waals surface area (Å²) in [6.45, 7) is 10.3. The molecule has 11 atom stereocenters. The average molecular weight is 589 g/mol. The molecule has 5 aliphatic rings. The number of ketones is 1. The molecule has 3 saturated carbocycles. The van der Waals surface area contributed by atoms with Gasteiger partial charge in [0.15, 0.2) is 17.5 Å². The van der Waals surface area contributed by atoms with Crippen LogP contribution in [0.1, 0.15) is 72.5 Å². The molecule has 5 fully saturated rings. The summed E-state index contributed by atoms with van der Waals surface area (Å²) in [7, 11) is 1.15. The number of ether oxygens (including phenoxy) is 4. The molecule has 6 rings (SSSR count). The monoisotopic (exact) mass is 588 g/mol. The molecule has 11 heteroatoms. The van der Waals surface area contributed by atoms with E-state index in [0.717, 1.165) is 7.11 Å². The van der Waals surface area contributed by atoms with E-state index < -0.39 is 99.2 Å². The van der Waals surface area contributed by atoms with Crippen LogP contribution in [0.15, 0.2) is 23.0 Å². The van der Waals surface area contributed by atoms with Crippen LogP contribution in [0.2, 0.25) is 0 Å². The van der Waals surface area contributed by atoms with Gasteiger partial charge in [0.25, 0.3) is 0 Å². The molecule has 0 unspecified atom stereocenters. The van der Waals surface area contributed by atoms with Gasteiger partial charge in [-0.2, -0.15) is 0 Å². The quantitative estimate of drug-likeness (QED) is 0.295. The van der Waals surface area contributed by atoms with Gasteiger partial charge in [0.1, 0.15) is 23.9 Å². The number of aliphatic hydroxyl groups is 2. The van der Waals surface area contributed by atoms with E-state index in [-0.39, 0.29) is 6.42 Å². The van der Waals surface area contributed by atoms with Gasteiger partial charge < -0.3 is 33.6 Å². The standard InChI is InChI=1S/C31H40O11/c1-14(2)22(34)41-25-27(3,4)20(19(33)23(35)38-7)29(6)16-8-10-28(5)17(31(16)26(42-31)30(25,37)24(29)36)12-18(32)40-21(28)15-9-11-39-13-15/h9,11,13-14,16-17,19-21,25-26,33,37H,8,10,12H2,1-7H3/t16-,17-,19-,20+,21+,25+,26-,28-,29-,30+,31-/m1/s1. The first-order valence-corrected chi connectivity index (χ1v) is 14.7. The van der Waals surface area contributed by atoms with Gasteiger partial charge >= 0.3 is 17.9 Å². The fourth-order valence-electron chi connectivity index (χ4n) is 9.89. The molecule has 42 heavy (non-hydrogen) atoms. The normalized spacial score (nSPS) is 45.6. The van der Waals surface area contributed by atoms with Crippen LogP contribution in [0, 0.1) is 39.9 Å². The van der Waals surface area contributed by atoms with Crippen molar-refractivity contribution in [2.24, 2.45) is 39.9 Å². The van der Waals surface area contributed by atoms with Gasteiger partial charge in [-0.05, 0) is 18.9 Å². The molecule has 2 N–H and O–H groups in total. The van der Waals surface area contributed by atoms with E-state index in [9.17, 15) is 29.4 Å². The predicted octanol–water partition coefficient (Wildman–Crippen LogP) is 2.52. The van der Waals surface area contributed by atoms with E-state index in [1.165, 1.54) is 6.26 Å². The molecule has 1 aromatic heterocycles. The van der Waals surface area contributed by atoms with Gasteiger partial charge in [0.05, 0.1) is 32.0 Å². The maximum Gasteiger partial charge on any atom is 0.335 e. The number of epoxide rings is 1. The van der Waals surface area contributed by atoms with Crippen molar-refractivity contribution in [3.63, 3.8) is 0 Å². The van der Waals surface area contributed by atoms with Crippen molar-refractivity contribution < 1.29 is 52.8 Å². The van der Waals surface area contributed by atoms with Crippen LogP contribution in [0.4, 0.5) is 0 Å². The molecule has 1 spiro atoms. The molecule has 0 aromatic carbocycles. The predicted molar refractivity (Wildman–Crippen MR) is 142 cm³/mol. The van der Waals surface area contributed by atoms with Gasteiger partial charge in [-0.3, -0.25) is 14.4 Å². The minimum atomic E-state index is -2.30. The van der Waals surface area contributed by atoms with Gasteiger partial charge in [-0.25, -0.2) is 4.79 Å². The second kappa shape index (κ2) is 8.89. The summed E-state index contributed by atoms with van der Waals surface area (Å²) in [6, 6.07) is 1.75. The van der Waals surface area contributed by atoms with Crippen molar-refractivity contribution >= 4 is 23.7 Å². The van der Waals surface area contributed by atoms with Crippen LogP contribution >= 0.6 is 0 Å². The fourth-order valence-corrected chi connectivity index (χ4v) is 9.89. The minimum Gasteiger partial charge on any atom is -0.472 e. The number of hydrogen-bond donors (Lipinski definition) is 2. The van der Waals surface area contributed by atoms with Gasteiger partial charge in [0.2, 0.25) is 0 Å². The Labute approximate surface area is 244 Å². The Kier molecular flexibility index (Phi) is 6.20. The van der Waals surface area contributed by atoms with Crippen molar-refractivity contribution in [2.75, 3.05) is 7.11 Å². The minimum absolute atomic E-state index is 0.0116. The number of methoxy groups -OCH3 is 1. The number of esters is 3. The summed E-state index contributed by atoms with van der Waals surface area (Å²) in [6.07, 6.45) is -0.922. The van der Waals surface area contributed by atoms with Gasteiger partial charge in [-0.15, -0.1) is 0 Å². The van der Waals surface area contributed by atoms with Crippen molar-refractivity contribution in [3.8, 4) is 0 Å². The highest BCUT2D eigenvalue weighted by Gasteiger charge is 2.91. The average Bonchev–Trinajstić information content (AvgIpc) is 3.41. The molecule has 2 saturated heterocycles. The van der Waals surface area contributed by atoms with Crippen molar-refractivity contribution in [1.29, 1.82) is 0 Å². The molecular weight excluding hydrogens is 548 g/mol. The second-order valence-electron chi connectivity index (χ2n) is 14.3. The lowest BCUT2D eigenvalue weighted by Gasteiger charge is -2.67. The summed E-state index contributed by atoms with van der Waals surface area (Å²) >= 11 is 0. The highest BCUT2D eigenvalue weighted by molar-refractivity contribution is 5.99. The zero-order valence-electron chi connectivity index (χ0n) is 25.0. The Bertz CT molecular complexity index is 1330. The van der Waals surface area contributed by atoms with E-state index in [1.807, 2.05) is 6.92 Å². The molecule has 3 heterocycles. The Morgan fingerprint density at radius 1 is 1.10 bits per heavy atom. The van der Waals surface area contributed by atoms with Gasteiger partial charge in [0, 0.05) is 39.6 Å². The molecule has 3 aliphatic carbocycles. The first-order valence-electron chi connectivity index (χ1n) is 14.7. The van der Waals surface area contributed by atoms with Crippen LogP contribution in [0.3, 0.4) is 0 Å². The SMILES string of the molecule is COC(=O)[C@H](O)[C@H]1C(C)(C)[C@H](OC(=O)C(C)C)[C@@]2(O)C(=O)[C@]1(C)[C@H]1CC[C@]3(C)[C@@H](CC(=O)O[C@H]3c3ccoc3)[C@]13O[C@H]23. The molecule has 230 valence electrons. The highest BCUT2D eigenvalue weighted by Crippen LogP contribution is 2.78. The summed E-state index contributed by atoms with van der Waals surface area (Å²) in [5.74, 6) is -5.42. The van der Waals surface area contributed by atoms with Crippen LogP contribution < -0.4 is 0 Å². The lowest BCUT2D eigenvalue weighted by Crippen LogP contribution is -2.81. The highest BCUT2D eigenvalue weighted by atomic mass is 16.6. The first kappa shape index (κ1) is 29.3. The molecule has 1 aromatic rings. The maximum absolute atomic E-state index is 14.7. The number of rotatable bonds is 5. The number of carbonyl (C=O) groups excluding carboxylic acids is 4. The van der Waals surface area contributed by atoms with Crippen molar-refractivity contribution in [3.05, 3.63) is 24.2 Å². The zero-order valence-corrected chi connectivity index (χ0v) is 25.0. The summed E-state index contributed by atoms with van der Waals surface area (Å²) < 4.78 is 28.6. The summed E-state index contributed by atoms with van der Waals surface area (Å²) in [4.78, 5) is 53.8. The largest absolute Gasteiger partial charge is 0.472 e. The number of aliphatic hydroxyl groups excluding tert-OH is 1. The van der Waals surface area contributed by atoms with Crippen molar-refractivity contribution in [1.82, 2.24) is 0 Å². The second-order valence-corrected chi connectivity index (χ2v) is 14.3. The van der Waals surface area contributed by atoms with E-state index in [4.69, 9.17) is 23.4 Å². The van der Waals surface area contributed by atoms with E-state index in [2.05, 4.69) is 0 Å². The molecule has 2 aliphatic heterocycles. The first-order chi connectivity index (χ1) is 19.5. The Morgan fingerprint density at radius 2 is 1.79 bits per heavy atom. The Hall–Kier alpha value is -2.76. The number of carbonyl (C=O) groups is 4. The number of Topliss-reactive ketones (excluding diaryl/α,β-unsaturated/α-hetero) is 1. The maximum atomic E-state index is 14.7. The van der Waals surface area contributed by atoms with E-state index >= 15 is 0 Å². The number of furan rings is 1. The van der Waals surface area contributed by atoms with Crippen LogP contribution in [0.25, 0.3) is 0 Å². The third kappa shape index (κ3) is 3.33. The molecular formula is C31H40O11. The number of hydrogen-bond acceptors (Lipinski definition) is 11. The van der Waals surface area contributed by atoms with Crippen LogP contribution in [0.5, 0.6) is 0 Å². The Morgan fingerprint density at radius 3 is 2.38 bits per heavy atom. The van der Waals surface area contributed by atoms with Crippen LogP contribution in [-0.2, 0) is 38.1 Å². The smallest absolute Gasteiger partial charge is 0.335 e. The lowest BCUT2D eigenvalue weighted by molar-refractivity contribution is -0.261. The molecule has 11 nitrogen and oxygen atoms in total. The lowest BCUT2D eigenvalue weighted by atomic mass is 9.36. The van der Waals surface area contributed by atoms with Gasteiger partial charge in [-0.1, -0.05) is 41.5 Å². The zero-order chi connectivity index (χ0) is 30.8. The third-order valence-electron chi connectivity index (χ3n) is 11.6. The van der Waals surface area contributed by atoms with Crippen molar-refractivity contribution in [2.45, 2.75) is 96.4 Å².